The molecule has 0 aliphatic rings. The summed E-state index contributed by atoms with van der Waals surface area (Å²) in [5.41, 5.74) is -0.255. The van der Waals surface area contributed by atoms with E-state index in [1.165, 1.54) is 26.7 Å². The minimum Gasteiger partial charge on any atom is -0.493 e. The Labute approximate surface area is 116 Å². The van der Waals surface area contributed by atoms with Crippen molar-refractivity contribution in [1.29, 1.82) is 0 Å². The summed E-state index contributed by atoms with van der Waals surface area (Å²) < 4.78 is 23.7. The van der Waals surface area contributed by atoms with E-state index in [0.29, 0.717) is 11.5 Å². The van der Waals surface area contributed by atoms with Crippen LogP contribution in [0.3, 0.4) is 0 Å². The highest BCUT2D eigenvalue weighted by molar-refractivity contribution is 5.42. The lowest BCUT2D eigenvalue weighted by atomic mass is 10.2. The predicted octanol–water partition coefficient (Wildman–Crippen LogP) is 4.94. The summed E-state index contributed by atoms with van der Waals surface area (Å²) in [4.78, 5) is 0. The van der Waals surface area contributed by atoms with Gasteiger partial charge in [-0.25, -0.2) is 4.39 Å². The standard InChI is InChI=1S/C12H17FO2.C4H10/c1-9-5-6-10(11(7-9)14-4)15-8-12(2,3)13;1-3-4-2/h5-7H,8H2,1-4H3;3-4H2,1-2H3. The molecule has 1 rings (SSSR count). The van der Waals surface area contributed by atoms with Crippen LogP contribution in [0.1, 0.15) is 46.1 Å². The molecule has 0 heterocycles. The Morgan fingerprint density at radius 1 is 1.11 bits per heavy atom. The minimum absolute atomic E-state index is 0.0203. The summed E-state index contributed by atoms with van der Waals surface area (Å²) in [7, 11) is 1.57. The largest absolute Gasteiger partial charge is 0.493 e. The van der Waals surface area contributed by atoms with Crippen molar-refractivity contribution in [2.75, 3.05) is 13.7 Å². The summed E-state index contributed by atoms with van der Waals surface area (Å²) in [6.45, 7) is 9.30. The van der Waals surface area contributed by atoms with Gasteiger partial charge in [-0.1, -0.05) is 32.8 Å². The molecular formula is C16H27FO2. The molecule has 0 saturated carbocycles. The molecule has 0 N–H and O–H groups in total. The molecule has 1 aromatic rings. The van der Waals surface area contributed by atoms with Crippen LogP contribution in [-0.2, 0) is 0 Å². The molecular weight excluding hydrogens is 243 g/mol. The van der Waals surface area contributed by atoms with Crippen molar-refractivity contribution in [3.05, 3.63) is 23.8 Å². The lowest BCUT2D eigenvalue weighted by Gasteiger charge is -2.17. The fourth-order valence-corrected chi connectivity index (χ4v) is 1.14. The number of benzene rings is 1. The monoisotopic (exact) mass is 270 g/mol. The van der Waals surface area contributed by atoms with Crippen LogP contribution in [-0.4, -0.2) is 19.4 Å². The maximum atomic E-state index is 13.2. The van der Waals surface area contributed by atoms with Gasteiger partial charge in [0.2, 0.25) is 0 Å². The zero-order chi connectivity index (χ0) is 14.9. The molecule has 0 spiro atoms. The molecule has 0 bridgehead atoms. The number of unbranched alkanes of at least 4 members (excludes halogenated alkanes) is 1. The van der Waals surface area contributed by atoms with E-state index in [1.54, 1.807) is 13.2 Å². The number of ether oxygens (including phenoxy) is 2. The summed E-state index contributed by atoms with van der Waals surface area (Å²) in [6.07, 6.45) is 2.64. The number of rotatable bonds is 5. The summed E-state index contributed by atoms with van der Waals surface area (Å²) in [5, 5.41) is 0. The van der Waals surface area contributed by atoms with Crippen molar-refractivity contribution in [3.8, 4) is 11.5 Å². The molecule has 0 unspecified atom stereocenters. The molecule has 0 amide bonds. The van der Waals surface area contributed by atoms with Crippen LogP contribution >= 0.6 is 0 Å². The lowest BCUT2D eigenvalue weighted by molar-refractivity contribution is 0.118. The number of hydrogen-bond acceptors (Lipinski definition) is 2. The molecule has 0 fully saturated rings. The maximum Gasteiger partial charge on any atom is 0.161 e. The van der Waals surface area contributed by atoms with Crippen LogP contribution in [0.2, 0.25) is 0 Å². The van der Waals surface area contributed by atoms with Crippen molar-refractivity contribution >= 4 is 0 Å². The first-order valence-corrected chi connectivity index (χ1v) is 6.80. The van der Waals surface area contributed by atoms with Crippen LogP contribution in [0.5, 0.6) is 11.5 Å². The zero-order valence-electron chi connectivity index (χ0n) is 13.0. The first kappa shape index (κ1) is 17.8. The Balaban J connectivity index is 0.000000711. The number of aryl methyl sites for hydroxylation is 1. The van der Waals surface area contributed by atoms with Crippen LogP contribution in [0.25, 0.3) is 0 Å². The molecule has 0 aliphatic heterocycles. The van der Waals surface area contributed by atoms with Crippen LogP contribution in [0.4, 0.5) is 4.39 Å². The van der Waals surface area contributed by atoms with E-state index in [1.807, 2.05) is 19.1 Å². The molecule has 110 valence electrons. The Kier molecular flexibility index (Phi) is 8.21. The average Bonchev–Trinajstić information content (AvgIpc) is 2.36. The van der Waals surface area contributed by atoms with Gasteiger partial charge < -0.3 is 9.47 Å². The third kappa shape index (κ3) is 8.46. The van der Waals surface area contributed by atoms with E-state index in [2.05, 4.69) is 13.8 Å². The summed E-state index contributed by atoms with van der Waals surface area (Å²) in [5.74, 6) is 1.22. The molecule has 0 atom stereocenters. The summed E-state index contributed by atoms with van der Waals surface area (Å²) >= 11 is 0. The van der Waals surface area contributed by atoms with Crippen LogP contribution < -0.4 is 9.47 Å². The van der Waals surface area contributed by atoms with Crippen LogP contribution in [0.15, 0.2) is 18.2 Å². The number of halogens is 1. The maximum absolute atomic E-state index is 13.2. The van der Waals surface area contributed by atoms with Gasteiger partial charge in [0.25, 0.3) is 0 Å². The van der Waals surface area contributed by atoms with E-state index < -0.39 is 5.67 Å². The van der Waals surface area contributed by atoms with Gasteiger partial charge in [0.15, 0.2) is 11.5 Å². The van der Waals surface area contributed by atoms with Gasteiger partial charge >= 0.3 is 0 Å². The second kappa shape index (κ2) is 8.78. The average molecular weight is 270 g/mol. The van der Waals surface area contributed by atoms with Gasteiger partial charge in [0.05, 0.1) is 7.11 Å². The lowest BCUT2D eigenvalue weighted by Crippen LogP contribution is -2.22. The Hall–Kier alpha value is -1.25. The molecule has 0 aliphatic carbocycles. The highest BCUT2D eigenvalue weighted by Gasteiger charge is 2.17. The molecule has 3 heteroatoms. The first-order valence-electron chi connectivity index (χ1n) is 6.80. The first-order chi connectivity index (χ1) is 8.84. The van der Waals surface area contributed by atoms with Crippen molar-refractivity contribution in [2.24, 2.45) is 0 Å². The minimum atomic E-state index is -1.34. The SMILES string of the molecule is CCCC.COc1cc(C)ccc1OCC(C)(C)F. The molecule has 19 heavy (non-hydrogen) atoms. The van der Waals surface area contributed by atoms with Gasteiger partial charge in [-0.2, -0.15) is 0 Å². The number of alkyl halides is 1. The topological polar surface area (TPSA) is 18.5 Å². The fraction of sp³-hybridized carbons (Fsp3) is 0.625. The number of methoxy groups -OCH3 is 1. The second-order valence-electron chi connectivity index (χ2n) is 5.16. The highest BCUT2D eigenvalue weighted by Crippen LogP contribution is 2.28. The smallest absolute Gasteiger partial charge is 0.161 e. The van der Waals surface area contributed by atoms with Gasteiger partial charge in [-0.15, -0.1) is 0 Å². The highest BCUT2D eigenvalue weighted by atomic mass is 19.1. The van der Waals surface area contributed by atoms with Crippen molar-refractivity contribution in [3.63, 3.8) is 0 Å². The van der Waals surface area contributed by atoms with E-state index in [0.717, 1.165) is 5.56 Å². The van der Waals surface area contributed by atoms with Gasteiger partial charge in [-0.05, 0) is 38.5 Å². The molecule has 0 radical (unpaired) electrons. The third-order valence-corrected chi connectivity index (χ3v) is 2.39. The van der Waals surface area contributed by atoms with Gasteiger partial charge in [0.1, 0.15) is 12.3 Å². The molecule has 0 aromatic heterocycles. The normalized spacial score (nSPS) is 10.5. The van der Waals surface area contributed by atoms with Crippen LogP contribution in [0, 0.1) is 6.92 Å². The Bertz CT molecular complexity index is 354. The third-order valence-electron chi connectivity index (χ3n) is 2.39. The van der Waals surface area contributed by atoms with Crippen molar-refractivity contribution in [2.45, 2.75) is 53.1 Å². The van der Waals surface area contributed by atoms with E-state index >= 15 is 0 Å². The van der Waals surface area contributed by atoms with E-state index in [4.69, 9.17) is 9.47 Å². The van der Waals surface area contributed by atoms with Gasteiger partial charge in [-0.3, -0.25) is 0 Å². The Morgan fingerprint density at radius 2 is 1.68 bits per heavy atom. The van der Waals surface area contributed by atoms with Crippen molar-refractivity contribution in [1.82, 2.24) is 0 Å². The Morgan fingerprint density at radius 3 is 2.11 bits per heavy atom. The molecule has 1 aromatic carbocycles. The van der Waals surface area contributed by atoms with Gasteiger partial charge in [0, 0.05) is 0 Å². The zero-order valence-corrected chi connectivity index (χ0v) is 13.0. The number of hydrogen-bond donors (Lipinski definition) is 0. The van der Waals surface area contributed by atoms with E-state index in [9.17, 15) is 4.39 Å². The predicted molar refractivity (Wildman–Crippen MR) is 79.0 cm³/mol. The molecule has 2 nitrogen and oxygen atoms in total. The van der Waals surface area contributed by atoms with E-state index in [-0.39, 0.29) is 6.61 Å². The fourth-order valence-electron chi connectivity index (χ4n) is 1.14. The quantitative estimate of drug-likeness (QED) is 0.754. The second-order valence-corrected chi connectivity index (χ2v) is 5.16. The van der Waals surface area contributed by atoms with Crippen molar-refractivity contribution < 1.29 is 13.9 Å². The molecule has 0 saturated heterocycles. The summed E-state index contributed by atoms with van der Waals surface area (Å²) in [6, 6.07) is 5.56.